The Hall–Kier alpha value is -1.55. The van der Waals surface area contributed by atoms with Gasteiger partial charge >= 0.3 is 0 Å². The van der Waals surface area contributed by atoms with Crippen LogP contribution in [0.1, 0.15) is 5.56 Å². The molecule has 0 spiro atoms. The van der Waals surface area contributed by atoms with Gasteiger partial charge in [0.05, 0.1) is 11.7 Å². The van der Waals surface area contributed by atoms with Crippen molar-refractivity contribution in [2.24, 2.45) is 5.10 Å². The number of fused-ring (bicyclic) bond motifs is 1. The molecule has 0 fully saturated rings. The molecular weight excluding hydrogens is 218 g/mol. The van der Waals surface area contributed by atoms with Gasteiger partial charge in [0.1, 0.15) is 0 Å². The van der Waals surface area contributed by atoms with E-state index in [9.17, 15) is 0 Å². The lowest BCUT2D eigenvalue weighted by Crippen LogP contribution is -2.02. The molecule has 16 heavy (non-hydrogen) atoms. The number of para-hydroxylation sites is 1. The van der Waals surface area contributed by atoms with Crippen LogP contribution in [0.5, 0.6) is 0 Å². The van der Waals surface area contributed by atoms with E-state index < -0.39 is 0 Å². The fourth-order valence-corrected chi connectivity index (χ4v) is 1.41. The van der Waals surface area contributed by atoms with Crippen molar-refractivity contribution in [2.75, 3.05) is 14.1 Å². The summed E-state index contributed by atoms with van der Waals surface area (Å²) < 4.78 is 0. The van der Waals surface area contributed by atoms with Gasteiger partial charge in [-0.2, -0.15) is 18.6 Å². The summed E-state index contributed by atoms with van der Waals surface area (Å²) >= 11 is 0. The van der Waals surface area contributed by atoms with Gasteiger partial charge < -0.3 is 5.01 Å². The second-order valence-electron chi connectivity index (χ2n) is 3.51. The van der Waals surface area contributed by atoms with Gasteiger partial charge in [0.2, 0.25) is 0 Å². The van der Waals surface area contributed by atoms with Crippen LogP contribution in [0, 0.1) is 0 Å². The average Bonchev–Trinajstić information content (AvgIpc) is 2.26. The molecule has 0 aliphatic heterocycles. The number of pyridine rings is 1. The van der Waals surface area contributed by atoms with Gasteiger partial charge in [-0.3, -0.25) is 4.98 Å². The van der Waals surface area contributed by atoms with Crippen molar-refractivity contribution in [1.29, 1.82) is 0 Å². The van der Waals surface area contributed by atoms with E-state index in [0.717, 1.165) is 16.5 Å². The minimum absolute atomic E-state index is 0. The molecule has 0 aliphatic rings. The van der Waals surface area contributed by atoms with Gasteiger partial charge in [-0.05, 0) is 6.07 Å². The molecule has 0 aliphatic carbocycles. The molecule has 4 heteroatoms. The maximum Gasteiger partial charge on any atom is 0.0790 e. The van der Waals surface area contributed by atoms with Crippen LogP contribution in [0.25, 0.3) is 10.9 Å². The van der Waals surface area contributed by atoms with E-state index in [-0.39, 0.29) is 13.5 Å². The summed E-state index contributed by atoms with van der Waals surface area (Å²) in [5, 5.41) is 7.12. The molecule has 3 nitrogen and oxygen atoms in total. The third kappa shape index (κ3) is 2.73. The van der Waals surface area contributed by atoms with Crippen LogP contribution in [0.4, 0.5) is 0 Å². The van der Waals surface area contributed by atoms with Crippen LogP contribution >= 0.6 is 13.5 Å². The highest BCUT2D eigenvalue weighted by atomic mass is 32.1. The molecule has 0 bridgehead atoms. The summed E-state index contributed by atoms with van der Waals surface area (Å²) in [6.07, 6.45) is 3.63. The quantitative estimate of drug-likeness (QED) is 0.588. The predicted molar refractivity (Wildman–Crippen MR) is 73.4 cm³/mol. The highest BCUT2D eigenvalue weighted by molar-refractivity contribution is 7.59. The Morgan fingerprint density at radius 2 is 1.94 bits per heavy atom. The summed E-state index contributed by atoms with van der Waals surface area (Å²) in [4.78, 5) is 4.35. The second kappa shape index (κ2) is 5.51. The minimum Gasteiger partial charge on any atom is -0.303 e. The molecule has 0 atom stereocenters. The lowest BCUT2D eigenvalue weighted by atomic mass is 10.1. The van der Waals surface area contributed by atoms with Crippen LogP contribution in [-0.4, -0.2) is 30.3 Å². The van der Waals surface area contributed by atoms with E-state index in [1.165, 1.54) is 0 Å². The van der Waals surface area contributed by atoms with E-state index in [0.29, 0.717) is 0 Å². The van der Waals surface area contributed by atoms with Crippen LogP contribution in [0.2, 0.25) is 0 Å². The first-order chi connectivity index (χ1) is 7.27. The molecule has 1 heterocycles. The van der Waals surface area contributed by atoms with Gasteiger partial charge in [0.15, 0.2) is 0 Å². The second-order valence-corrected chi connectivity index (χ2v) is 3.51. The fourth-order valence-electron chi connectivity index (χ4n) is 1.41. The molecule has 0 amide bonds. The first kappa shape index (κ1) is 12.5. The highest BCUT2D eigenvalue weighted by Gasteiger charge is 1.98. The normalized spacial score (nSPS) is 10.4. The van der Waals surface area contributed by atoms with Crippen LogP contribution in [-0.2, 0) is 0 Å². The van der Waals surface area contributed by atoms with Crippen molar-refractivity contribution in [3.63, 3.8) is 0 Å². The number of rotatable bonds is 2. The summed E-state index contributed by atoms with van der Waals surface area (Å²) in [5.41, 5.74) is 2.03. The zero-order valence-electron chi connectivity index (χ0n) is 9.38. The third-order valence-electron chi connectivity index (χ3n) is 2.09. The largest absolute Gasteiger partial charge is 0.303 e. The smallest absolute Gasteiger partial charge is 0.0790 e. The number of hydrogen-bond acceptors (Lipinski definition) is 3. The zero-order chi connectivity index (χ0) is 10.7. The van der Waals surface area contributed by atoms with Crippen molar-refractivity contribution < 1.29 is 0 Å². The first-order valence-electron chi connectivity index (χ1n) is 4.82. The van der Waals surface area contributed by atoms with Crippen molar-refractivity contribution in [3.05, 3.63) is 42.1 Å². The first-order valence-corrected chi connectivity index (χ1v) is 4.82. The monoisotopic (exact) mass is 233 g/mol. The summed E-state index contributed by atoms with van der Waals surface area (Å²) in [7, 11) is 3.80. The average molecular weight is 233 g/mol. The number of aromatic nitrogens is 1. The molecule has 2 rings (SSSR count). The Labute approximate surface area is 102 Å². The highest BCUT2D eigenvalue weighted by Crippen LogP contribution is 2.13. The molecule has 0 unspecified atom stereocenters. The SMILES string of the molecule is CN(C)N=Cc1cccc2cccnc12.S. The van der Waals surface area contributed by atoms with Crippen molar-refractivity contribution in [2.45, 2.75) is 0 Å². The maximum absolute atomic E-state index is 4.35. The lowest BCUT2D eigenvalue weighted by Gasteiger charge is -2.04. The molecule has 1 aromatic carbocycles. The molecule has 0 saturated heterocycles. The Kier molecular flexibility index (Phi) is 4.31. The molecule has 0 radical (unpaired) electrons. The van der Waals surface area contributed by atoms with Crippen LogP contribution in [0.15, 0.2) is 41.6 Å². The Bertz CT molecular complexity index is 489. The lowest BCUT2D eigenvalue weighted by molar-refractivity contribution is 0.440. The Morgan fingerprint density at radius 3 is 2.69 bits per heavy atom. The number of benzene rings is 1. The van der Waals surface area contributed by atoms with Gasteiger partial charge in [-0.15, -0.1) is 0 Å². The number of hydrazone groups is 1. The topological polar surface area (TPSA) is 28.5 Å². The van der Waals surface area contributed by atoms with Crippen molar-refractivity contribution in [1.82, 2.24) is 9.99 Å². The Morgan fingerprint density at radius 1 is 1.19 bits per heavy atom. The molecular formula is C12H15N3S. The predicted octanol–water partition coefficient (Wildman–Crippen LogP) is 2.24. The zero-order valence-corrected chi connectivity index (χ0v) is 10.4. The van der Waals surface area contributed by atoms with Gasteiger partial charge in [0.25, 0.3) is 0 Å². The van der Waals surface area contributed by atoms with E-state index in [2.05, 4.69) is 22.2 Å². The number of hydrogen-bond donors (Lipinski definition) is 0. The van der Waals surface area contributed by atoms with E-state index in [1.807, 2.05) is 38.5 Å². The van der Waals surface area contributed by atoms with Crippen molar-refractivity contribution >= 4 is 30.6 Å². The molecule has 1 aromatic heterocycles. The van der Waals surface area contributed by atoms with E-state index in [4.69, 9.17) is 0 Å². The van der Waals surface area contributed by atoms with Crippen LogP contribution in [0.3, 0.4) is 0 Å². The summed E-state index contributed by atoms with van der Waals surface area (Å²) in [6.45, 7) is 0. The fraction of sp³-hybridized carbons (Fsp3) is 0.167. The van der Waals surface area contributed by atoms with E-state index in [1.54, 1.807) is 11.2 Å². The third-order valence-corrected chi connectivity index (χ3v) is 2.09. The molecule has 2 aromatic rings. The summed E-state index contributed by atoms with van der Waals surface area (Å²) in [6, 6.07) is 10.1. The summed E-state index contributed by atoms with van der Waals surface area (Å²) in [5.74, 6) is 0. The molecule has 0 N–H and O–H groups in total. The standard InChI is InChI=1S/C12H13N3.H2S/c1-15(2)14-9-11-6-3-5-10-7-4-8-13-12(10)11;/h3-9H,1-2H3;1H2. The van der Waals surface area contributed by atoms with Crippen LogP contribution < -0.4 is 0 Å². The molecule has 84 valence electrons. The van der Waals surface area contributed by atoms with Gasteiger partial charge in [0, 0.05) is 31.2 Å². The minimum atomic E-state index is 0. The Balaban J connectivity index is 0.00000128. The molecule has 0 saturated carbocycles. The van der Waals surface area contributed by atoms with Crippen molar-refractivity contribution in [3.8, 4) is 0 Å². The van der Waals surface area contributed by atoms with Gasteiger partial charge in [-0.25, -0.2) is 0 Å². The van der Waals surface area contributed by atoms with E-state index >= 15 is 0 Å². The maximum atomic E-state index is 4.35. The number of nitrogens with zero attached hydrogens (tertiary/aromatic N) is 3. The van der Waals surface area contributed by atoms with Gasteiger partial charge in [-0.1, -0.05) is 24.3 Å².